The predicted molar refractivity (Wildman–Crippen MR) is 151 cm³/mol. The van der Waals surface area contributed by atoms with Gasteiger partial charge < -0.3 is 14.2 Å². The van der Waals surface area contributed by atoms with Gasteiger partial charge in [-0.25, -0.2) is 23.4 Å². The standard InChI is InChI=1S/C29H33N3O7S/c1-4-37-27-17-22(13-16-26(27)39-20-29(34)38-5-2)19-30-31-28(33)18-25(23-9-7-6-8-10-23)32-40(35,36)24-14-11-21(3)12-15-24/h6-17,19,25,32H,4-5,18,20H2,1-3H3,(H,31,33)/b30-19-/t25-/m1/s1. The first-order valence-corrected chi connectivity index (χ1v) is 14.2. The molecule has 0 aromatic heterocycles. The summed E-state index contributed by atoms with van der Waals surface area (Å²) in [5.74, 6) is -0.219. The first-order chi connectivity index (χ1) is 19.2. The van der Waals surface area contributed by atoms with Crippen molar-refractivity contribution in [3.05, 3.63) is 89.5 Å². The molecule has 0 radical (unpaired) electrons. The largest absolute Gasteiger partial charge is 0.490 e. The van der Waals surface area contributed by atoms with E-state index in [2.05, 4.69) is 15.2 Å². The van der Waals surface area contributed by atoms with E-state index in [9.17, 15) is 18.0 Å². The summed E-state index contributed by atoms with van der Waals surface area (Å²) in [5.41, 5.74) is 4.62. The molecule has 3 aromatic rings. The lowest BCUT2D eigenvalue weighted by atomic mass is 10.0. The van der Waals surface area contributed by atoms with Gasteiger partial charge in [0.2, 0.25) is 15.9 Å². The van der Waals surface area contributed by atoms with E-state index in [1.54, 1.807) is 61.5 Å². The van der Waals surface area contributed by atoms with Crippen LogP contribution in [0.5, 0.6) is 11.5 Å². The minimum Gasteiger partial charge on any atom is -0.490 e. The normalized spacial score (nSPS) is 12.1. The van der Waals surface area contributed by atoms with Crippen molar-refractivity contribution in [2.75, 3.05) is 19.8 Å². The third kappa shape index (κ3) is 9.21. The number of carbonyl (C=O) groups is 2. The van der Waals surface area contributed by atoms with Crippen LogP contribution in [0.2, 0.25) is 0 Å². The van der Waals surface area contributed by atoms with Gasteiger partial charge in [0.25, 0.3) is 0 Å². The van der Waals surface area contributed by atoms with Gasteiger partial charge in [-0.3, -0.25) is 4.79 Å². The van der Waals surface area contributed by atoms with Crippen LogP contribution >= 0.6 is 0 Å². The second kappa shape index (κ2) is 14.8. The van der Waals surface area contributed by atoms with Crippen LogP contribution < -0.4 is 19.6 Å². The lowest BCUT2D eigenvalue weighted by Gasteiger charge is -2.18. The van der Waals surface area contributed by atoms with Crippen LogP contribution in [0, 0.1) is 6.92 Å². The number of hydrogen-bond donors (Lipinski definition) is 2. The van der Waals surface area contributed by atoms with Crippen molar-refractivity contribution in [2.24, 2.45) is 5.10 Å². The van der Waals surface area contributed by atoms with E-state index in [0.717, 1.165) is 5.56 Å². The molecule has 2 N–H and O–H groups in total. The summed E-state index contributed by atoms with van der Waals surface area (Å²) in [4.78, 5) is 24.5. The fourth-order valence-electron chi connectivity index (χ4n) is 3.63. The number of amides is 1. The van der Waals surface area contributed by atoms with Gasteiger partial charge in [-0.15, -0.1) is 0 Å². The molecule has 1 atom stereocenters. The Hall–Kier alpha value is -4.22. The van der Waals surface area contributed by atoms with Crippen molar-refractivity contribution in [3.63, 3.8) is 0 Å². The smallest absolute Gasteiger partial charge is 0.344 e. The number of esters is 1. The van der Waals surface area contributed by atoms with Gasteiger partial charge in [0.15, 0.2) is 18.1 Å². The quantitative estimate of drug-likeness (QED) is 0.172. The molecule has 0 bridgehead atoms. The molecule has 212 valence electrons. The van der Waals surface area contributed by atoms with Crippen molar-refractivity contribution in [1.29, 1.82) is 0 Å². The maximum Gasteiger partial charge on any atom is 0.344 e. The number of benzene rings is 3. The fourth-order valence-corrected chi connectivity index (χ4v) is 4.85. The van der Waals surface area contributed by atoms with E-state index in [4.69, 9.17) is 14.2 Å². The van der Waals surface area contributed by atoms with E-state index >= 15 is 0 Å². The van der Waals surface area contributed by atoms with Gasteiger partial charge in [0.1, 0.15) is 0 Å². The summed E-state index contributed by atoms with van der Waals surface area (Å²) < 4.78 is 44.6. The first kappa shape index (κ1) is 30.3. The molecule has 0 saturated carbocycles. The summed E-state index contributed by atoms with van der Waals surface area (Å²) in [7, 11) is -3.88. The number of hydrogen-bond acceptors (Lipinski definition) is 8. The first-order valence-electron chi connectivity index (χ1n) is 12.7. The van der Waals surface area contributed by atoms with Gasteiger partial charge in [-0.1, -0.05) is 48.0 Å². The molecule has 0 spiro atoms. The Balaban J connectivity index is 1.68. The maximum atomic E-state index is 13.0. The van der Waals surface area contributed by atoms with Crippen LogP contribution in [0.4, 0.5) is 0 Å². The minimum atomic E-state index is -3.88. The molecule has 0 fully saturated rings. The van der Waals surface area contributed by atoms with Crippen LogP contribution in [-0.2, 0) is 24.3 Å². The molecule has 0 heterocycles. The van der Waals surface area contributed by atoms with E-state index in [1.165, 1.54) is 18.3 Å². The summed E-state index contributed by atoms with van der Waals surface area (Å²) in [5, 5.41) is 4.01. The van der Waals surface area contributed by atoms with Gasteiger partial charge in [-0.2, -0.15) is 5.10 Å². The van der Waals surface area contributed by atoms with Crippen molar-refractivity contribution in [3.8, 4) is 11.5 Å². The van der Waals surface area contributed by atoms with Gasteiger partial charge in [0, 0.05) is 6.42 Å². The average molecular weight is 568 g/mol. The van der Waals surface area contributed by atoms with Crippen molar-refractivity contribution >= 4 is 28.1 Å². The number of hydrazone groups is 1. The van der Waals surface area contributed by atoms with E-state index in [0.29, 0.717) is 29.2 Å². The third-order valence-electron chi connectivity index (χ3n) is 5.54. The highest BCUT2D eigenvalue weighted by Gasteiger charge is 2.23. The topological polar surface area (TPSA) is 132 Å². The van der Waals surface area contributed by atoms with Gasteiger partial charge >= 0.3 is 5.97 Å². The molecule has 0 unspecified atom stereocenters. The lowest BCUT2D eigenvalue weighted by molar-refractivity contribution is -0.145. The second-order valence-corrected chi connectivity index (χ2v) is 10.3. The minimum absolute atomic E-state index is 0.109. The molecule has 11 heteroatoms. The lowest BCUT2D eigenvalue weighted by Crippen LogP contribution is -2.32. The number of rotatable bonds is 14. The van der Waals surface area contributed by atoms with Crippen LogP contribution in [0.25, 0.3) is 0 Å². The molecule has 0 aliphatic carbocycles. The molecule has 0 aliphatic heterocycles. The Morgan fingerprint density at radius 2 is 1.65 bits per heavy atom. The van der Waals surface area contributed by atoms with Crippen LogP contribution in [-0.4, -0.2) is 46.3 Å². The highest BCUT2D eigenvalue weighted by atomic mass is 32.2. The third-order valence-corrected chi connectivity index (χ3v) is 7.03. The number of carbonyl (C=O) groups excluding carboxylic acids is 2. The van der Waals surface area contributed by atoms with Crippen LogP contribution in [0.1, 0.15) is 43.0 Å². The number of aryl methyl sites for hydroxylation is 1. The Kier molecular flexibility index (Phi) is 11.2. The highest BCUT2D eigenvalue weighted by Crippen LogP contribution is 2.28. The van der Waals surface area contributed by atoms with E-state index in [1.807, 2.05) is 19.9 Å². The summed E-state index contributed by atoms with van der Waals surface area (Å²) >= 11 is 0. The Bertz CT molecular complexity index is 1410. The average Bonchev–Trinajstić information content (AvgIpc) is 2.93. The van der Waals surface area contributed by atoms with Gasteiger partial charge in [0.05, 0.1) is 30.4 Å². The Morgan fingerprint density at radius 1 is 0.925 bits per heavy atom. The summed E-state index contributed by atoms with van der Waals surface area (Å²) in [6, 6.07) is 19.5. The fraction of sp³-hybridized carbons (Fsp3) is 0.276. The molecule has 0 aliphatic rings. The zero-order valence-electron chi connectivity index (χ0n) is 22.6. The van der Waals surface area contributed by atoms with Gasteiger partial charge in [-0.05, 0) is 62.2 Å². The molecule has 3 aromatic carbocycles. The Morgan fingerprint density at radius 3 is 2.33 bits per heavy atom. The zero-order chi connectivity index (χ0) is 29.0. The summed E-state index contributed by atoms with van der Waals surface area (Å²) in [6.07, 6.45) is 1.24. The Labute approximate surface area is 234 Å². The SMILES string of the molecule is CCOC(=O)COc1ccc(/C=N\NC(=O)C[C@@H](NS(=O)(=O)c2ccc(C)cc2)c2ccccc2)cc1OCC. The van der Waals surface area contributed by atoms with Crippen molar-refractivity contribution < 1.29 is 32.2 Å². The maximum absolute atomic E-state index is 13.0. The number of ether oxygens (including phenoxy) is 3. The monoisotopic (exact) mass is 567 g/mol. The molecule has 0 saturated heterocycles. The molecule has 40 heavy (non-hydrogen) atoms. The molecule has 3 rings (SSSR count). The second-order valence-electron chi connectivity index (χ2n) is 8.63. The van der Waals surface area contributed by atoms with E-state index < -0.39 is 27.9 Å². The molecule has 10 nitrogen and oxygen atoms in total. The molecular weight excluding hydrogens is 534 g/mol. The van der Waals surface area contributed by atoms with Crippen LogP contribution in [0.15, 0.2) is 82.8 Å². The number of nitrogens with zero attached hydrogens (tertiary/aromatic N) is 1. The van der Waals surface area contributed by atoms with E-state index in [-0.39, 0.29) is 24.5 Å². The highest BCUT2D eigenvalue weighted by molar-refractivity contribution is 7.89. The molecular formula is C29H33N3O7S. The van der Waals surface area contributed by atoms with Crippen molar-refractivity contribution in [2.45, 2.75) is 38.1 Å². The van der Waals surface area contributed by atoms with Crippen LogP contribution in [0.3, 0.4) is 0 Å². The zero-order valence-corrected chi connectivity index (χ0v) is 23.4. The predicted octanol–water partition coefficient (Wildman–Crippen LogP) is 3.90. The van der Waals surface area contributed by atoms with Crippen molar-refractivity contribution in [1.82, 2.24) is 10.1 Å². The number of nitrogens with one attached hydrogen (secondary N) is 2. The molecule has 1 amide bonds. The number of sulfonamides is 1. The summed E-state index contributed by atoms with van der Waals surface area (Å²) in [6.45, 7) is 5.76.